The van der Waals surface area contributed by atoms with Gasteiger partial charge in [0.05, 0.1) is 11.6 Å². The molecule has 9 heteroatoms. The summed E-state index contributed by atoms with van der Waals surface area (Å²) in [6.45, 7) is 3.81. The monoisotopic (exact) mass is 522 g/mol. The maximum Gasteiger partial charge on any atom is 0.259 e. The maximum absolute atomic E-state index is 13.0. The molecule has 0 aliphatic carbocycles. The molecule has 0 radical (unpaired) electrons. The highest BCUT2D eigenvalue weighted by Gasteiger charge is 2.24. The molecule has 1 fully saturated rings. The molecule has 2 aromatic carbocycles. The van der Waals surface area contributed by atoms with Crippen LogP contribution < -0.4 is 10.9 Å². The minimum atomic E-state index is -3.15. The van der Waals surface area contributed by atoms with Crippen LogP contribution in [-0.2, 0) is 30.2 Å². The fraction of sp³-hybridized carbons (Fsp3) is 0.296. The van der Waals surface area contributed by atoms with Gasteiger partial charge < -0.3 is 9.88 Å². The van der Waals surface area contributed by atoms with Crippen LogP contribution in [0.25, 0.3) is 21.2 Å². The summed E-state index contributed by atoms with van der Waals surface area (Å²) in [6.07, 6.45) is 3.18. The quantitative estimate of drug-likeness (QED) is 0.398. The molecule has 0 spiro atoms. The highest BCUT2D eigenvalue weighted by Crippen LogP contribution is 2.35. The predicted molar refractivity (Wildman–Crippen MR) is 148 cm³/mol. The molecule has 188 valence electrons. The topological polar surface area (TPSA) is 74.7 Å². The molecular weight excluding hydrogens is 492 g/mol. The Morgan fingerprint density at radius 2 is 1.72 bits per heavy atom. The summed E-state index contributed by atoms with van der Waals surface area (Å²) < 4.78 is 27.8. The molecule has 1 saturated heterocycles. The summed E-state index contributed by atoms with van der Waals surface area (Å²) in [6, 6.07) is 20.6. The lowest BCUT2D eigenvalue weighted by atomic mass is 10.1. The van der Waals surface area contributed by atoms with Crippen molar-refractivity contribution < 1.29 is 8.42 Å². The number of nitrogens with one attached hydrogen (secondary N) is 1. The third kappa shape index (κ3) is 5.39. The molecule has 36 heavy (non-hydrogen) atoms. The second-order valence-corrected chi connectivity index (χ2v) is 12.4. The molecule has 0 amide bonds. The summed E-state index contributed by atoms with van der Waals surface area (Å²) in [4.78, 5) is 16.3. The first-order chi connectivity index (χ1) is 17.3. The van der Waals surface area contributed by atoms with E-state index in [0.717, 1.165) is 38.3 Å². The zero-order valence-electron chi connectivity index (χ0n) is 20.5. The number of rotatable bonds is 7. The van der Waals surface area contributed by atoms with Gasteiger partial charge in [0.15, 0.2) is 0 Å². The van der Waals surface area contributed by atoms with E-state index in [4.69, 9.17) is 0 Å². The Kier molecular flexibility index (Phi) is 6.98. The lowest BCUT2D eigenvalue weighted by Crippen LogP contribution is -2.47. The molecule has 3 heterocycles. The molecule has 1 aliphatic heterocycles. The fourth-order valence-electron chi connectivity index (χ4n) is 4.62. The molecule has 0 bridgehead atoms. The van der Waals surface area contributed by atoms with Gasteiger partial charge in [-0.15, -0.1) is 11.3 Å². The van der Waals surface area contributed by atoms with E-state index in [1.165, 1.54) is 16.1 Å². The molecule has 0 atom stereocenters. The molecule has 1 N–H and O–H groups in total. The van der Waals surface area contributed by atoms with Crippen molar-refractivity contribution in [2.45, 2.75) is 13.1 Å². The van der Waals surface area contributed by atoms with E-state index in [1.54, 1.807) is 23.0 Å². The van der Waals surface area contributed by atoms with Crippen molar-refractivity contribution in [2.24, 2.45) is 7.05 Å². The highest BCUT2D eigenvalue weighted by molar-refractivity contribution is 7.88. The average molecular weight is 523 g/mol. The van der Waals surface area contributed by atoms with E-state index in [1.807, 2.05) is 36.5 Å². The Morgan fingerprint density at radius 3 is 2.44 bits per heavy atom. The molecule has 5 rings (SSSR count). The number of hydrogen-bond donors (Lipinski definition) is 1. The Balaban J connectivity index is 1.40. The number of fused-ring (bicyclic) bond motifs is 1. The van der Waals surface area contributed by atoms with Gasteiger partial charge in [0.1, 0.15) is 0 Å². The normalized spacial score (nSPS) is 15.4. The van der Waals surface area contributed by atoms with Crippen molar-refractivity contribution in [1.82, 2.24) is 13.8 Å². The van der Waals surface area contributed by atoms with Crippen LogP contribution in [0.2, 0.25) is 0 Å². The van der Waals surface area contributed by atoms with Gasteiger partial charge in [-0.25, -0.2) is 8.42 Å². The number of anilines is 1. The third-order valence-electron chi connectivity index (χ3n) is 6.59. The Labute approximate surface area is 215 Å². The van der Waals surface area contributed by atoms with E-state index in [9.17, 15) is 13.2 Å². The maximum atomic E-state index is 13.0. The zero-order valence-corrected chi connectivity index (χ0v) is 22.1. The lowest BCUT2D eigenvalue weighted by Gasteiger charge is -2.32. The lowest BCUT2D eigenvalue weighted by molar-refractivity contribution is 0.183. The molecule has 7 nitrogen and oxygen atoms in total. The minimum Gasteiger partial charge on any atom is -0.381 e. The van der Waals surface area contributed by atoms with Crippen LogP contribution in [0.4, 0.5) is 5.69 Å². The van der Waals surface area contributed by atoms with Gasteiger partial charge in [0, 0.05) is 73.3 Å². The first kappa shape index (κ1) is 24.7. The van der Waals surface area contributed by atoms with Crippen molar-refractivity contribution in [3.05, 3.63) is 87.7 Å². The molecule has 1 aliphatic rings. The third-order valence-corrected chi connectivity index (χ3v) is 9.05. The van der Waals surface area contributed by atoms with Gasteiger partial charge in [0.2, 0.25) is 10.0 Å². The van der Waals surface area contributed by atoms with Crippen molar-refractivity contribution in [3.8, 4) is 11.1 Å². The Bertz CT molecular complexity index is 1540. The Hall–Kier alpha value is -2.98. The number of hydrogen-bond acceptors (Lipinski definition) is 6. The van der Waals surface area contributed by atoms with Crippen LogP contribution in [0.1, 0.15) is 10.4 Å². The second kappa shape index (κ2) is 10.2. The van der Waals surface area contributed by atoms with Gasteiger partial charge in [-0.3, -0.25) is 9.69 Å². The fourth-order valence-corrected chi connectivity index (χ4v) is 6.67. The second-order valence-electron chi connectivity index (χ2n) is 9.27. The molecule has 4 aromatic rings. The summed E-state index contributed by atoms with van der Waals surface area (Å²) >= 11 is 1.65. The summed E-state index contributed by atoms with van der Waals surface area (Å²) in [5.74, 6) is 0. The summed E-state index contributed by atoms with van der Waals surface area (Å²) in [7, 11) is -1.36. The van der Waals surface area contributed by atoms with Crippen molar-refractivity contribution >= 4 is 37.1 Å². The Morgan fingerprint density at radius 1 is 0.972 bits per heavy atom. The predicted octanol–water partition coefficient (Wildman–Crippen LogP) is 3.96. The average Bonchev–Trinajstić information content (AvgIpc) is 3.29. The number of sulfonamides is 1. The van der Waals surface area contributed by atoms with Crippen molar-refractivity contribution in [3.63, 3.8) is 0 Å². The number of aryl methyl sites for hydroxylation is 1. The van der Waals surface area contributed by atoms with Crippen LogP contribution in [-0.4, -0.2) is 54.6 Å². The van der Waals surface area contributed by atoms with Crippen LogP contribution >= 0.6 is 11.3 Å². The van der Waals surface area contributed by atoms with Crippen LogP contribution in [0.15, 0.2) is 71.7 Å². The largest absolute Gasteiger partial charge is 0.381 e. The van der Waals surface area contributed by atoms with E-state index < -0.39 is 10.0 Å². The van der Waals surface area contributed by atoms with Crippen LogP contribution in [0.5, 0.6) is 0 Å². The minimum absolute atomic E-state index is 0.00324. The number of aromatic nitrogens is 1. The summed E-state index contributed by atoms with van der Waals surface area (Å²) in [5, 5.41) is 4.23. The number of pyridine rings is 1. The highest BCUT2D eigenvalue weighted by atomic mass is 32.2. The van der Waals surface area contributed by atoms with Crippen molar-refractivity contribution in [1.29, 1.82) is 0 Å². The van der Waals surface area contributed by atoms with Gasteiger partial charge in [-0.1, -0.05) is 42.5 Å². The SMILES string of the molecule is Cn1cc(-c2cccc(NCc3ccccc3)c2)c2sc(CN3CCN(S(C)(=O)=O)CC3)cc2c1=O. The number of piperazine rings is 1. The van der Waals surface area contributed by atoms with E-state index in [-0.39, 0.29) is 5.56 Å². The number of benzene rings is 2. The smallest absolute Gasteiger partial charge is 0.259 e. The van der Waals surface area contributed by atoms with E-state index >= 15 is 0 Å². The first-order valence-corrected chi connectivity index (χ1v) is 14.6. The molecular formula is C27H30N4O3S2. The standard InChI is InChI=1S/C27H30N4O3S2/c1-29-19-25(21-9-6-10-22(15-21)28-17-20-7-4-3-5-8-20)26-24(27(29)32)16-23(35-26)18-30-11-13-31(14-12-30)36(2,33)34/h3-10,15-16,19,28H,11-14,17-18H2,1-2H3. The first-order valence-electron chi connectivity index (χ1n) is 12.0. The van der Waals surface area contributed by atoms with Crippen molar-refractivity contribution in [2.75, 3.05) is 37.8 Å². The number of thiophene rings is 1. The molecule has 2 aromatic heterocycles. The van der Waals surface area contributed by atoms with Crippen LogP contribution in [0, 0.1) is 0 Å². The van der Waals surface area contributed by atoms with E-state index in [2.05, 4.69) is 40.5 Å². The van der Waals surface area contributed by atoms with Gasteiger partial charge in [0.25, 0.3) is 5.56 Å². The van der Waals surface area contributed by atoms with Crippen LogP contribution in [0.3, 0.4) is 0 Å². The molecule has 0 unspecified atom stereocenters. The van der Waals surface area contributed by atoms with Gasteiger partial charge in [-0.2, -0.15) is 4.31 Å². The van der Waals surface area contributed by atoms with E-state index in [0.29, 0.717) is 32.7 Å². The zero-order chi connectivity index (χ0) is 25.3. The number of nitrogens with zero attached hydrogens (tertiary/aromatic N) is 3. The van der Waals surface area contributed by atoms with Gasteiger partial charge in [-0.05, 0) is 29.3 Å². The van der Waals surface area contributed by atoms with Gasteiger partial charge >= 0.3 is 0 Å². The summed E-state index contributed by atoms with van der Waals surface area (Å²) in [5.41, 5.74) is 4.33. The molecule has 0 saturated carbocycles.